The average molecular weight is 354 g/mol. The number of hydrogen-bond acceptors (Lipinski definition) is 3. The van der Waals surface area contributed by atoms with E-state index in [1.807, 2.05) is 0 Å². The van der Waals surface area contributed by atoms with Gasteiger partial charge in [-0.25, -0.2) is 4.79 Å². The van der Waals surface area contributed by atoms with Crippen molar-refractivity contribution in [2.75, 3.05) is 6.61 Å². The van der Waals surface area contributed by atoms with Crippen molar-refractivity contribution in [1.82, 2.24) is 0 Å². The maximum Gasteiger partial charge on any atom is 0.508 e. The summed E-state index contributed by atoms with van der Waals surface area (Å²) < 4.78 is 9.60. The molecule has 5 heteroatoms. The third-order valence-corrected chi connectivity index (χ3v) is 2.50. The van der Waals surface area contributed by atoms with Crippen LogP contribution in [0.3, 0.4) is 0 Å². The van der Waals surface area contributed by atoms with Gasteiger partial charge in [-0.2, -0.15) is 0 Å². The Morgan fingerprint density at radius 3 is 2.56 bits per heavy atom. The molecule has 1 heterocycles. The Morgan fingerprint density at radius 1 is 1.67 bits per heavy atom. The zero-order valence-electron chi connectivity index (χ0n) is 4.34. The molecule has 0 aliphatic carbocycles. The van der Waals surface area contributed by atoms with Gasteiger partial charge in [0.2, 0.25) is 0 Å². The molecule has 1 unspecified atom stereocenters. The second kappa shape index (κ2) is 3.22. The zero-order chi connectivity index (χ0) is 6.85. The molecule has 0 saturated carbocycles. The lowest BCUT2D eigenvalue weighted by molar-refractivity contribution is 0.122. The second-order valence-corrected chi connectivity index (χ2v) is 6.62. The molecule has 0 N–H and O–H groups in total. The molecule has 1 atom stereocenters. The third kappa shape index (κ3) is 2.10. The average Bonchev–Trinajstić information content (AvgIpc) is 2.14. The summed E-state index contributed by atoms with van der Waals surface area (Å²) in [5.74, 6) is 0. The van der Waals surface area contributed by atoms with Gasteiger partial charge in [-0.05, 0) is 0 Å². The lowest BCUT2D eigenvalue weighted by Crippen LogP contribution is -2.16. The Balaban J connectivity index is 2.39. The van der Waals surface area contributed by atoms with Crippen LogP contribution in [0.15, 0.2) is 0 Å². The highest BCUT2D eigenvalue weighted by atomic mass is 127. The van der Waals surface area contributed by atoms with Gasteiger partial charge < -0.3 is 9.47 Å². The summed E-state index contributed by atoms with van der Waals surface area (Å²) in [5.41, 5.74) is 0. The van der Waals surface area contributed by atoms with Crippen molar-refractivity contribution in [3.8, 4) is 0 Å². The number of cyclic esters (lactones) is 2. The number of halogens is 2. The lowest BCUT2D eigenvalue weighted by Gasteiger charge is -2.04. The summed E-state index contributed by atoms with van der Waals surface area (Å²) >= 11 is 4.37. The van der Waals surface area contributed by atoms with Gasteiger partial charge >= 0.3 is 6.16 Å². The van der Waals surface area contributed by atoms with E-state index in [1.165, 1.54) is 0 Å². The van der Waals surface area contributed by atoms with E-state index in [-0.39, 0.29) is 6.10 Å². The third-order valence-electron chi connectivity index (χ3n) is 0.894. The van der Waals surface area contributed by atoms with Gasteiger partial charge in [-0.1, -0.05) is 45.2 Å². The summed E-state index contributed by atoms with van der Waals surface area (Å²) in [6.07, 6.45) is -0.600. The fourth-order valence-corrected chi connectivity index (χ4v) is 1.17. The van der Waals surface area contributed by atoms with Crippen LogP contribution in [0.4, 0.5) is 4.79 Å². The second-order valence-electron chi connectivity index (χ2n) is 1.55. The van der Waals surface area contributed by atoms with Crippen molar-refractivity contribution in [2.24, 2.45) is 0 Å². The number of ether oxygens (including phenoxy) is 2. The van der Waals surface area contributed by atoms with Crippen molar-refractivity contribution < 1.29 is 14.3 Å². The quantitative estimate of drug-likeness (QED) is 0.409. The lowest BCUT2D eigenvalue weighted by atomic mass is 10.5. The molecule has 1 saturated heterocycles. The Bertz CT molecular complexity index is 125. The van der Waals surface area contributed by atoms with Gasteiger partial charge in [0.25, 0.3) is 0 Å². The summed E-state index contributed by atoms with van der Waals surface area (Å²) in [6.45, 7) is 0.398. The zero-order valence-corrected chi connectivity index (χ0v) is 8.66. The van der Waals surface area contributed by atoms with E-state index in [1.54, 1.807) is 0 Å². The molecular weight excluding hydrogens is 350 g/mol. The smallest absolute Gasteiger partial charge is 0.430 e. The van der Waals surface area contributed by atoms with E-state index in [2.05, 4.69) is 49.9 Å². The van der Waals surface area contributed by atoms with Crippen LogP contribution in [0.25, 0.3) is 0 Å². The summed E-state index contributed by atoms with van der Waals surface area (Å²) in [4.78, 5) is 10.3. The SMILES string of the molecule is O=C1OCC(C(I)I)O1. The van der Waals surface area contributed by atoms with Crippen molar-refractivity contribution in [3.63, 3.8) is 0 Å². The molecular formula is C4H4I2O3. The van der Waals surface area contributed by atoms with E-state index >= 15 is 0 Å². The molecule has 0 aromatic carbocycles. The van der Waals surface area contributed by atoms with Crippen LogP contribution in [0.1, 0.15) is 0 Å². The molecule has 0 spiro atoms. The Kier molecular flexibility index (Phi) is 2.80. The minimum atomic E-state index is -0.543. The van der Waals surface area contributed by atoms with E-state index < -0.39 is 6.16 Å². The minimum Gasteiger partial charge on any atom is -0.430 e. The topological polar surface area (TPSA) is 35.5 Å². The molecule has 9 heavy (non-hydrogen) atoms. The number of carbonyl (C=O) groups is 1. The highest BCUT2D eigenvalue weighted by Gasteiger charge is 2.29. The molecule has 3 nitrogen and oxygen atoms in total. The van der Waals surface area contributed by atoms with E-state index in [0.29, 0.717) is 8.54 Å². The normalized spacial score (nSPS) is 26.1. The predicted molar refractivity (Wildman–Crippen MR) is 48.0 cm³/mol. The van der Waals surface area contributed by atoms with Crippen LogP contribution in [-0.4, -0.2) is 20.8 Å². The van der Waals surface area contributed by atoms with Gasteiger partial charge in [0.15, 0.2) is 6.10 Å². The molecule has 0 amide bonds. The first-order chi connectivity index (χ1) is 4.20. The molecule has 1 rings (SSSR count). The predicted octanol–water partition coefficient (Wildman–Crippen LogP) is 1.72. The van der Waals surface area contributed by atoms with Gasteiger partial charge in [-0.15, -0.1) is 0 Å². The number of carbonyl (C=O) groups excluding carboxylic acids is 1. The van der Waals surface area contributed by atoms with Crippen LogP contribution in [0.5, 0.6) is 0 Å². The monoisotopic (exact) mass is 354 g/mol. The summed E-state index contributed by atoms with van der Waals surface area (Å²) in [7, 11) is 0. The van der Waals surface area contributed by atoms with Crippen LogP contribution >= 0.6 is 45.2 Å². The fourth-order valence-electron chi connectivity index (χ4n) is 0.466. The molecule has 1 aliphatic rings. The van der Waals surface area contributed by atoms with E-state index in [0.717, 1.165) is 0 Å². The van der Waals surface area contributed by atoms with E-state index in [4.69, 9.17) is 4.74 Å². The van der Waals surface area contributed by atoms with Gasteiger partial charge in [0.05, 0.1) is 0 Å². The molecule has 1 aliphatic heterocycles. The maximum absolute atomic E-state index is 10.3. The van der Waals surface area contributed by atoms with E-state index in [9.17, 15) is 4.79 Å². The minimum absolute atomic E-state index is 0.0568. The van der Waals surface area contributed by atoms with Crippen LogP contribution in [-0.2, 0) is 9.47 Å². The highest BCUT2D eigenvalue weighted by Crippen LogP contribution is 2.21. The highest BCUT2D eigenvalue weighted by molar-refractivity contribution is 14.2. The molecule has 0 aromatic rings. The van der Waals surface area contributed by atoms with Crippen LogP contribution in [0.2, 0.25) is 0 Å². The van der Waals surface area contributed by atoms with Gasteiger partial charge in [0.1, 0.15) is 8.54 Å². The maximum atomic E-state index is 10.3. The standard InChI is InChI=1S/C4H4I2O3/c5-3(6)2-1-8-4(7)9-2/h2-3H,1H2. The van der Waals surface area contributed by atoms with Crippen molar-refractivity contribution >= 4 is 51.3 Å². The summed E-state index contributed by atoms with van der Waals surface area (Å²) in [5, 5.41) is 0. The Hall–Kier alpha value is 0.730. The Labute approximate surface area is 79.7 Å². The van der Waals surface area contributed by atoms with Gasteiger partial charge in [0, 0.05) is 0 Å². The van der Waals surface area contributed by atoms with Gasteiger partial charge in [-0.3, -0.25) is 0 Å². The molecule has 0 radical (unpaired) electrons. The molecule has 0 aromatic heterocycles. The first kappa shape index (κ1) is 7.83. The van der Waals surface area contributed by atoms with Crippen molar-refractivity contribution in [1.29, 1.82) is 0 Å². The largest absolute Gasteiger partial charge is 0.508 e. The number of alkyl halides is 2. The molecule has 1 fully saturated rings. The fraction of sp³-hybridized carbons (Fsp3) is 0.750. The van der Waals surface area contributed by atoms with Crippen LogP contribution < -0.4 is 0 Å². The van der Waals surface area contributed by atoms with Crippen LogP contribution in [0, 0.1) is 0 Å². The Morgan fingerprint density at radius 2 is 2.33 bits per heavy atom. The number of hydrogen-bond donors (Lipinski definition) is 0. The van der Waals surface area contributed by atoms with Crippen molar-refractivity contribution in [2.45, 2.75) is 8.04 Å². The molecule has 52 valence electrons. The molecule has 0 bridgehead atoms. The first-order valence-corrected chi connectivity index (χ1v) is 4.81. The summed E-state index contributed by atoms with van der Waals surface area (Å²) in [6, 6.07) is 0. The van der Waals surface area contributed by atoms with Crippen molar-refractivity contribution in [3.05, 3.63) is 0 Å². The number of rotatable bonds is 1. The first-order valence-electron chi connectivity index (χ1n) is 2.31.